The van der Waals surface area contributed by atoms with Crippen LogP contribution in [0.25, 0.3) is 0 Å². The molecule has 2 aromatic rings. The summed E-state index contributed by atoms with van der Waals surface area (Å²) >= 11 is 5.77. The Hall–Kier alpha value is -1.42. The third-order valence-corrected chi connectivity index (χ3v) is 3.34. The van der Waals surface area contributed by atoms with E-state index in [0.717, 1.165) is 13.1 Å². The molecule has 0 aliphatic rings. The molecule has 2 aromatic carbocycles. The maximum Gasteiger partial charge on any atom is 0.129 e. The Balaban J connectivity index is 2.09. The summed E-state index contributed by atoms with van der Waals surface area (Å²) in [5, 5.41) is 0.416. The Bertz CT molecular complexity index is 545. The molecule has 0 aromatic heterocycles. The van der Waals surface area contributed by atoms with Gasteiger partial charge in [-0.15, -0.1) is 0 Å². The highest BCUT2D eigenvalue weighted by Crippen LogP contribution is 2.17. The molecule has 0 radical (unpaired) electrons. The molecule has 0 fully saturated rings. The second-order valence-electron chi connectivity index (χ2n) is 4.72. The van der Waals surface area contributed by atoms with Gasteiger partial charge in [-0.05, 0) is 17.7 Å². The zero-order valence-corrected chi connectivity index (χ0v) is 12.0. The van der Waals surface area contributed by atoms with Gasteiger partial charge in [-0.1, -0.05) is 48.0 Å². The lowest BCUT2D eigenvalue weighted by Gasteiger charge is -2.22. The fourth-order valence-electron chi connectivity index (χ4n) is 2.13. The van der Waals surface area contributed by atoms with E-state index in [2.05, 4.69) is 17.0 Å². The minimum atomic E-state index is -0.271. The lowest BCUT2D eigenvalue weighted by atomic mass is 10.1. The number of halogens is 2. The van der Waals surface area contributed by atoms with Crippen molar-refractivity contribution in [3.63, 3.8) is 0 Å². The molecule has 20 heavy (non-hydrogen) atoms. The Labute approximate surface area is 124 Å². The summed E-state index contributed by atoms with van der Waals surface area (Å²) in [6, 6.07) is 14.9. The first-order valence-corrected chi connectivity index (χ1v) is 6.97. The van der Waals surface area contributed by atoms with Gasteiger partial charge in [-0.25, -0.2) is 4.39 Å². The van der Waals surface area contributed by atoms with Gasteiger partial charge in [0.05, 0.1) is 0 Å². The third kappa shape index (κ3) is 4.30. The Morgan fingerprint density at radius 2 is 1.80 bits per heavy atom. The zero-order chi connectivity index (χ0) is 14.4. The second kappa shape index (κ2) is 7.39. The molecule has 0 saturated carbocycles. The molecule has 106 valence electrons. The molecule has 0 heterocycles. The highest BCUT2D eigenvalue weighted by atomic mass is 35.5. The Morgan fingerprint density at radius 3 is 2.45 bits per heavy atom. The number of benzene rings is 2. The molecule has 0 aliphatic heterocycles. The van der Waals surface area contributed by atoms with Crippen molar-refractivity contribution < 1.29 is 4.39 Å². The molecule has 0 spiro atoms. The topological polar surface area (TPSA) is 29.3 Å². The van der Waals surface area contributed by atoms with Crippen molar-refractivity contribution in [1.29, 1.82) is 0 Å². The van der Waals surface area contributed by atoms with E-state index in [1.165, 1.54) is 11.6 Å². The number of rotatable bonds is 6. The van der Waals surface area contributed by atoms with Crippen LogP contribution < -0.4 is 5.73 Å². The zero-order valence-electron chi connectivity index (χ0n) is 11.2. The summed E-state index contributed by atoms with van der Waals surface area (Å²) in [6.45, 7) is 2.54. The molecule has 2 nitrogen and oxygen atoms in total. The molecule has 0 atom stereocenters. The second-order valence-corrected chi connectivity index (χ2v) is 5.16. The van der Waals surface area contributed by atoms with E-state index >= 15 is 0 Å². The first-order chi connectivity index (χ1) is 9.69. The lowest BCUT2D eigenvalue weighted by Crippen LogP contribution is -2.29. The van der Waals surface area contributed by atoms with Gasteiger partial charge < -0.3 is 5.73 Å². The molecule has 2 rings (SSSR count). The van der Waals surface area contributed by atoms with Gasteiger partial charge in [0.2, 0.25) is 0 Å². The first-order valence-electron chi connectivity index (χ1n) is 6.59. The minimum absolute atomic E-state index is 0.271. The largest absolute Gasteiger partial charge is 0.329 e. The average Bonchev–Trinajstić information content (AvgIpc) is 2.43. The summed E-state index contributed by atoms with van der Waals surface area (Å²) in [7, 11) is 0. The third-order valence-electron chi connectivity index (χ3n) is 3.10. The SMILES string of the molecule is NCCN(Cc1ccccc1)Cc1ccc(Cl)cc1F. The van der Waals surface area contributed by atoms with Crippen LogP contribution in [0.1, 0.15) is 11.1 Å². The van der Waals surface area contributed by atoms with Crippen molar-refractivity contribution in [2.24, 2.45) is 5.73 Å². The van der Waals surface area contributed by atoms with Gasteiger partial charge in [-0.2, -0.15) is 0 Å². The van der Waals surface area contributed by atoms with E-state index < -0.39 is 0 Å². The van der Waals surface area contributed by atoms with Crippen molar-refractivity contribution >= 4 is 11.6 Å². The maximum absolute atomic E-state index is 13.8. The van der Waals surface area contributed by atoms with Crippen LogP contribution in [0.4, 0.5) is 4.39 Å². The van der Waals surface area contributed by atoms with Gasteiger partial charge in [0.25, 0.3) is 0 Å². The Morgan fingerprint density at radius 1 is 1.05 bits per heavy atom. The molecule has 0 saturated heterocycles. The van der Waals surface area contributed by atoms with E-state index in [4.69, 9.17) is 17.3 Å². The summed E-state index contributed by atoms with van der Waals surface area (Å²) in [5.41, 5.74) is 7.47. The molecule has 2 N–H and O–H groups in total. The maximum atomic E-state index is 13.8. The van der Waals surface area contributed by atoms with Gasteiger partial charge in [0.15, 0.2) is 0 Å². The molecule has 0 amide bonds. The van der Waals surface area contributed by atoms with E-state index in [1.807, 2.05) is 18.2 Å². The van der Waals surface area contributed by atoms with Crippen LogP contribution in [0.3, 0.4) is 0 Å². The van der Waals surface area contributed by atoms with Crippen LogP contribution >= 0.6 is 11.6 Å². The highest BCUT2D eigenvalue weighted by molar-refractivity contribution is 6.30. The van der Waals surface area contributed by atoms with Crippen molar-refractivity contribution in [3.8, 4) is 0 Å². The number of nitrogens with zero attached hydrogens (tertiary/aromatic N) is 1. The fourth-order valence-corrected chi connectivity index (χ4v) is 2.29. The van der Waals surface area contributed by atoms with Crippen LogP contribution in [0, 0.1) is 5.82 Å². The summed E-state index contributed by atoms with van der Waals surface area (Å²) in [5.74, 6) is -0.271. The standard InChI is InChI=1S/C16H18ClFN2/c17-15-7-6-14(16(18)10-15)12-20(9-8-19)11-13-4-2-1-3-5-13/h1-7,10H,8-9,11-12,19H2. The van der Waals surface area contributed by atoms with Crippen LogP contribution in [0.15, 0.2) is 48.5 Å². The van der Waals surface area contributed by atoms with Crippen LogP contribution in [0.2, 0.25) is 5.02 Å². The summed E-state index contributed by atoms with van der Waals surface area (Å²) in [4.78, 5) is 2.13. The fraction of sp³-hybridized carbons (Fsp3) is 0.250. The molecular weight excluding hydrogens is 275 g/mol. The van der Waals surface area contributed by atoms with Gasteiger partial charge in [0, 0.05) is 36.8 Å². The van der Waals surface area contributed by atoms with E-state index in [9.17, 15) is 4.39 Å². The lowest BCUT2D eigenvalue weighted by molar-refractivity contribution is 0.260. The highest BCUT2D eigenvalue weighted by Gasteiger charge is 2.10. The van der Waals surface area contributed by atoms with Crippen LogP contribution in [-0.4, -0.2) is 18.0 Å². The number of hydrogen-bond donors (Lipinski definition) is 1. The van der Waals surface area contributed by atoms with E-state index in [0.29, 0.717) is 23.7 Å². The summed E-state index contributed by atoms with van der Waals surface area (Å²) in [6.07, 6.45) is 0. The molecule has 0 unspecified atom stereocenters. The summed E-state index contributed by atoms with van der Waals surface area (Å²) < 4.78 is 13.8. The molecule has 0 aliphatic carbocycles. The average molecular weight is 293 g/mol. The van der Waals surface area contributed by atoms with Gasteiger partial charge in [0.1, 0.15) is 5.82 Å². The predicted molar refractivity (Wildman–Crippen MR) is 81.0 cm³/mol. The smallest absolute Gasteiger partial charge is 0.129 e. The molecular formula is C16H18ClFN2. The number of nitrogens with two attached hydrogens (primary N) is 1. The van der Waals surface area contributed by atoms with Crippen molar-refractivity contribution in [1.82, 2.24) is 4.90 Å². The van der Waals surface area contributed by atoms with Crippen molar-refractivity contribution in [3.05, 3.63) is 70.5 Å². The van der Waals surface area contributed by atoms with Crippen molar-refractivity contribution in [2.45, 2.75) is 13.1 Å². The first kappa shape index (κ1) is 15.0. The van der Waals surface area contributed by atoms with Gasteiger partial charge >= 0.3 is 0 Å². The molecule has 0 bridgehead atoms. The van der Waals surface area contributed by atoms with Gasteiger partial charge in [-0.3, -0.25) is 4.90 Å². The van der Waals surface area contributed by atoms with E-state index in [1.54, 1.807) is 12.1 Å². The molecule has 4 heteroatoms. The predicted octanol–water partition coefficient (Wildman–Crippen LogP) is 3.44. The minimum Gasteiger partial charge on any atom is -0.329 e. The Kier molecular flexibility index (Phi) is 5.53. The van der Waals surface area contributed by atoms with Crippen LogP contribution in [-0.2, 0) is 13.1 Å². The normalized spacial score (nSPS) is 11.0. The van der Waals surface area contributed by atoms with Crippen LogP contribution in [0.5, 0.6) is 0 Å². The van der Waals surface area contributed by atoms with Crippen molar-refractivity contribution in [2.75, 3.05) is 13.1 Å². The van der Waals surface area contributed by atoms with E-state index in [-0.39, 0.29) is 5.82 Å². The number of hydrogen-bond acceptors (Lipinski definition) is 2. The monoisotopic (exact) mass is 292 g/mol. The quantitative estimate of drug-likeness (QED) is 0.884.